The predicted octanol–water partition coefficient (Wildman–Crippen LogP) is 1.47. The van der Waals surface area contributed by atoms with Crippen molar-refractivity contribution >= 4 is 23.5 Å². The van der Waals surface area contributed by atoms with Crippen LogP contribution in [0.2, 0.25) is 5.02 Å². The Balaban J connectivity index is 1.32. The molecule has 1 aromatic carbocycles. The SMILES string of the molecule is O=C1CO[C@H]2CCN(C(=O)N3CC(C#Cc4c(F)cccc4Cl)C3)C[C@H]2N1. The maximum Gasteiger partial charge on any atom is 0.320 e. The molecule has 0 radical (unpaired) electrons. The third-order valence-corrected chi connectivity index (χ3v) is 5.43. The molecule has 8 heteroatoms. The van der Waals surface area contributed by atoms with E-state index in [0.717, 1.165) is 0 Å². The molecule has 6 nitrogen and oxygen atoms in total. The van der Waals surface area contributed by atoms with E-state index in [0.29, 0.717) is 32.6 Å². The summed E-state index contributed by atoms with van der Waals surface area (Å²) in [5, 5.41) is 3.18. The predicted molar refractivity (Wildman–Crippen MR) is 96.6 cm³/mol. The number of nitrogens with zero attached hydrogens (tertiary/aromatic N) is 2. The molecule has 3 saturated heterocycles. The number of piperidine rings is 1. The molecule has 2 atom stereocenters. The quantitative estimate of drug-likeness (QED) is 0.681. The molecule has 0 bridgehead atoms. The van der Waals surface area contributed by atoms with E-state index in [4.69, 9.17) is 16.3 Å². The number of benzene rings is 1. The first-order valence-corrected chi connectivity index (χ1v) is 9.29. The number of nitrogens with one attached hydrogen (secondary N) is 1. The minimum atomic E-state index is -0.443. The van der Waals surface area contributed by atoms with Crippen LogP contribution in [0.15, 0.2) is 18.2 Å². The lowest BCUT2D eigenvalue weighted by Gasteiger charge is -2.45. The van der Waals surface area contributed by atoms with E-state index < -0.39 is 5.82 Å². The molecule has 142 valence electrons. The van der Waals surface area contributed by atoms with Gasteiger partial charge in [0.2, 0.25) is 5.91 Å². The summed E-state index contributed by atoms with van der Waals surface area (Å²) in [6.07, 6.45) is 0.687. The Labute approximate surface area is 161 Å². The normalized spacial score (nSPS) is 25.0. The molecule has 0 unspecified atom stereocenters. The van der Waals surface area contributed by atoms with Crippen molar-refractivity contribution in [1.82, 2.24) is 15.1 Å². The summed E-state index contributed by atoms with van der Waals surface area (Å²) < 4.78 is 19.2. The second-order valence-electron chi connectivity index (χ2n) is 7.01. The van der Waals surface area contributed by atoms with Crippen LogP contribution in [0.5, 0.6) is 0 Å². The van der Waals surface area contributed by atoms with E-state index in [9.17, 15) is 14.0 Å². The van der Waals surface area contributed by atoms with Gasteiger partial charge in [0.1, 0.15) is 12.4 Å². The highest BCUT2D eigenvalue weighted by atomic mass is 35.5. The number of morpholine rings is 1. The summed E-state index contributed by atoms with van der Waals surface area (Å²) in [6.45, 7) is 2.16. The molecule has 3 aliphatic rings. The largest absolute Gasteiger partial charge is 0.366 e. The third kappa shape index (κ3) is 3.73. The highest BCUT2D eigenvalue weighted by molar-refractivity contribution is 6.31. The van der Waals surface area contributed by atoms with Gasteiger partial charge in [-0.3, -0.25) is 4.79 Å². The van der Waals surface area contributed by atoms with Crippen LogP contribution in [0.3, 0.4) is 0 Å². The van der Waals surface area contributed by atoms with Crippen molar-refractivity contribution in [3.8, 4) is 11.8 Å². The topological polar surface area (TPSA) is 61.9 Å². The summed E-state index contributed by atoms with van der Waals surface area (Å²) in [5.74, 6) is 5.20. The first-order valence-electron chi connectivity index (χ1n) is 8.91. The van der Waals surface area contributed by atoms with Crippen molar-refractivity contribution in [2.75, 3.05) is 32.8 Å². The van der Waals surface area contributed by atoms with Crippen LogP contribution in [0.1, 0.15) is 12.0 Å². The van der Waals surface area contributed by atoms with E-state index >= 15 is 0 Å². The van der Waals surface area contributed by atoms with Gasteiger partial charge in [-0.1, -0.05) is 29.5 Å². The van der Waals surface area contributed by atoms with Gasteiger partial charge in [0.05, 0.1) is 28.6 Å². The van der Waals surface area contributed by atoms with Gasteiger partial charge in [0, 0.05) is 26.2 Å². The van der Waals surface area contributed by atoms with Crippen LogP contribution >= 0.6 is 11.6 Å². The van der Waals surface area contributed by atoms with E-state index in [1.165, 1.54) is 12.1 Å². The average molecular weight is 392 g/mol. The van der Waals surface area contributed by atoms with Crippen molar-refractivity contribution < 1.29 is 18.7 Å². The lowest BCUT2D eigenvalue weighted by atomic mass is 9.98. The second kappa shape index (κ2) is 7.37. The molecule has 0 saturated carbocycles. The van der Waals surface area contributed by atoms with E-state index in [2.05, 4.69) is 17.2 Å². The summed E-state index contributed by atoms with van der Waals surface area (Å²) in [7, 11) is 0. The molecule has 1 aromatic rings. The van der Waals surface area contributed by atoms with Gasteiger partial charge in [-0.15, -0.1) is 0 Å². The van der Waals surface area contributed by atoms with Crippen LogP contribution in [0.4, 0.5) is 9.18 Å². The molecule has 0 aromatic heterocycles. The van der Waals surface area contributed by atoms with E-state index in [1.807, 2.05) is 0 Å². The Morgan fingerprint density at radius 3 is 2.89 bits per heavy atom. The molecule has 3 amide bonds. The van der Waals surface area contributed by atoms with Gasteiger partial charge in [0.25, 0.3) is 0 Å². The van der Waals surface area contributed by atoms with Gasteiger partial charge in [-0.2, -0.15) is 0 Å². The molecule has 4 rings (SSSR count). The molecule has 3 aliphatic heterocycles. The molecule has 3 heterocycles. The van der Waals surface area contributed by atoms with Gasteiger partial charge in [-0.05, 0) is 18.6 Å². The Morgan fingerprint density at radius 2 is 2.11 bits per heavy atom. The molecular formula is C19H19ClFN3O3. The number of ether oxygens (including phenoxy) is 1. The van der Waals surface area contributed by atoms with Gasteiger partial charge in [-0.25, -0.2) is 9.18 Å². The van der Waals surface area contributed by atoms with Crippen LogP contribution in [-0.4, -0.2) is 66.7 Å². The first kappa shape index (κ1) is 18.1. The number of halogens is 2. The van der Waals surface area contributed by atoms with Crippen LogP contribution in [-0.2, 0) is 9.53 Å². The first-order chi connectivity index (χ1) is 13.0. The number of likely N-dealkylation sites (tertiary alicyclic amines) is 2. The number of carbonyl (C=O) groups excluding carboxylic acids is 2. The zero-order chi connectivity index (χ0) is 19.0. The maximum absolute atomic E-state index is 13.7. The zero-order valence-corrected chi connectivity index (χ0v) is 15.3. The average Bonchev–Trinajstić information content (AvgIpc) is 2.61. The fourth-order valence-electron chi connectivity index (χ4n) is 3.59. The summed E-state index contributed by atoms with van der Waals surface area (Å²) >= 11 is 5.97. The van der Waals surface area contributed by atoms with Gasteiger partial charge < -0.3 is 19.9 Å². The van der Waals surface area contributed by atoms with Crippen LogP contribution in [0, 0.1) is 23.6 Å². The summed E-state index contributed by atoms with van der Waals surface area (Å²) in [4.78, 5) is 27.6. The van der Waals surface area contributed by atoms with Crippen LogP contribution < -0.4 is 5.32 Å². The minimum absolute atomic E-state index is 0.000113. The summed E-state index contributed by atoms with van der Waals surface area (Å²) in [6, 6.07) is 4.25. The molecule has 27 heavy (non-hydrogen) atoms. The lowest BCUT2D eigenvalue weighted by Crippen LogP contribution is -2.64. The number of rotatable bonds is 0. The smallest absolute Gasteiger partial charge is 0.320 e. The fraction of sp³-hybridized carbons (Fsp3) is 0.474. The highest BCUT2D eigenvalue weighted by Crippen LogP contribution is 2.23. The lowest BCUT2D eigenvalue weighted by molar-refractivity contribution is -0.139. The Kier molecular flexibility index (Phi) is 4.94. The third-order valence-electron chi connectivity index (χ3n) is 5.11. The van der Waals surface area contributed by atoms with E-state index in [1.54, 1.807) is 15.9 Å². The van der Waals surface area contributed by atoms with Crippen molar-refractivity contribution in [2.45, 2.75) is 18.6 Å². The number of amides is 3. The number of carbonyl (C=O) groups is 2. The van der Waals surface area contributed by atoms with Crippen LogP contribution in [0.25, 0.3) is 0 Å². The molecule has 3 fully saturated rings. The number of urea groups is 1. The number of hydrogen-bond donors (Lipinski definition) is 1. The standard InChI is InChI=1S/C19H19ClFN3O3/c20-14-2-1-3-15(21)13(14)5-4-12-8-24(9-12)19(26)23-7-6-17-16(10-23)22-18(25)11-27-17/h1-3,12,16-17H,6-11H2,(H,22,25)/t16-,17+/m1/s1. The van der Waals surface area contributed by atoms with Gasteiger partial charge in [0.15, 0.2) is 0 Å². The molecule has 0 spiro atoms. The van der Waals surface area contributed by atoms with E-state index in [-0.39, 0.29) is 47.2 Å². The van der Waals surface area contributed by atoms with Crippen molar-refractivity contribution in [3.63, 3.8) is 0 Å². The Hall–Kier alpha value is -2.30. The van der Waals surface area contributed by atoms with Gasteiger partial charge >= 0.3 is 6.03 Å². The Morgan fingerprint density at radius 1 is 1.30 bits per heavy atom. The monoisotopic (exact) mass is 391 g/mol. The van der Waals surface area contributed by atoms with Crippen molar-refractivity contribution in [2.24, 2.45) is 5.92 Å². The zero-order valence-electron chi connectivity index (χ0n) is 14.6. The second-order valence-corrected chi connectivity index (χ2v) is 7.42. The molecular weight excluding hydrogens is 373 g/mol. The molecule has 1 N–H and O–H groups in total. The number of hydrogen-bond acceptors (Lipinski definition) is 3. The summed E-state index contributed by atoms with van der Waals surface area (Å²) in [5.41, 5.74) is 0.194. The van der Waals surface area contributed by atoms with Crippen molar-refractivity contribution in [3.05, 3.63) is 34.6 Å². The highest BCUT2D eigenvalue weighted by Gasteiger charge is 2.39. The minimum Gasteiger partial charge on any atom is -0.366 e. The fourth-order valence-corrected chi connectivity index (χ4v) is 3.80. The van der Waals surface area contributed by atoms with Crippen molar-refractivity contribution in [1.29, 1.82) is 0 Å². The number of fused-ring (bicyclic) bond motifs is 1. The maximum atomic E-state index is 13.7. The Bertz CT molecular complexity index is 811. The molecule has 0 aliphatic carbocycles.